The van der Waals surface area contributed by atoms with Crippen molar-refractivity contribution in [1.82, 2.24) is 4.90 Å². The van der Waals surface area contributed by atoms with Crippen LogP contribution in [0.1, 0.15) is 26.2 Å². The number of para-hydroxylation sites is 2. The summed E-state index contributed by atoms with van der Waals surface area (Å²) in [5.41, 5.74) is 6.45. The zero-order chi connectivity index (χ0) is 13.7. The molecular weight excluding hydrogens is 240 g/mol. The summed E-state index contributed by atoms with van der Waals surface area (Å²) in [5.74, 6) is 1.55. The van der Waals surface area contributed by atoms with Crippen LogP contribution in [-0.2, 0) is 4.79 Å². The minimum Gasteiger partial charge on any atom is -0.491 e. The first-order valence-corrected chi connectivity index (χ1v) is 6.95. The van der Waals surface area contributed by atoms with E-state index < -0.39 is 0 Å². The van der Waals surface area contributed by atoms with E-state index in [1.165, 1.54) is 0 Å². The molecule has 104 valence electrons. The molecule has 1 unspecified atom stereocenters. The first-order valence-electron chi connectivity index (χ1n) is 6.95. The molecule has 1 saturated heterocycles. The molecule has 4 heteroatoms. The molecule has 2 N–H and O–H groups in total. The van der Waals surface area contributed by atoms with Crippen molar-refractivity contribution in [3.05, 3.63) is 24.3 Å². The summed E-state index contributed by atoms with van der Waals surface area (Å²) in [6, 6.07) is 7.48. The van der Waals surface area contributed by atoms with Gasteiger partial charge in [-0.1, -0.05) is 25.5 Å². The molecule has 1 aliphatic heterocycles. The summed E-state index contributed by atoms with van der Waals surface area (Å²) < 4.78 is 5.62. The van der Waals surface area contributed by atoms with Gasteiger partial charge < -0.3 is 15.4 Å². The smallest absolute Gasteiger partial charge is 0.222 e. The molecule has 1 aliphatic rings. The van der Waals surface area contributed by atoms with Crippen LogP contribution in [0, 0.1) is 5.92 Å². The number of benzene rings is 1. The predicted molar refractivity (Wildman–Crippen MR) is 75.9 cm³/mol. The Morgan fingerprint density at radius 1 is 1.42 bits per heavy atom. The maximum atomic E-state index is 11.7. The monoisotopic (exact) mass is 262 g/mol. The highest BCUT2D eigenvalue weighted by Gasteiger charge is 2.27. The van der Waals surface area contributed by atoms with Crippen LogP contribution < -0.4 is 10.5 Å². The van der Waals surface area contributed by atoms with E-state index in [9.17, 15) is 4.79 Å². The van der Waals surface area contributed by atoms with Crippen molar-refractivity contribution in [2.45, 2.75) is 26.2 Å². The third kappa shape index (κ3) is 3.63. The fourth-order valence-corrected chi connectivity index (χ4v) is 2.39. The lowest BCUT2D eigenvalue weighted by Gasteiger charge is -2.16. The van der Waals surface area contributed by atoms with Crippen LogP contribution in [-0.4, -0.2) is 30.5 Å². The van der Waals surface area contributed by atoms with Gasteiger partial charge in [0.15, 0.2) is 0 Å². The summed E-state index contributed by atoms with van der Waals surface area (Å²) in [4.78, 5) is 13.7. The summed E-state index contributed by atoms with van der Waals surface area (Å²) in [5, 5.41) is 0. The number of carbonyl (C=O) groups excluding carboxylic acids is 1. The third-order valence-electron chi connectivity index (χ3n) is 3.62. The molecular formula is C15H22N2O2. The number of hydrogen-bond donors (Lipinski definition) is 1. The van der Waals surface area contributed by atoms with Crippen molar-refractivity contribution in [2.24, 2.45) is 5.92 Å². The average Bonchev–Trinajstić information content (AvgIpc) is 2.77. The minimum absolute atomic E-state index is 0.283. The highest BCUT2D eigenvalue weighted by molar-refractivity contribution is 5.78. The van der Waals surface area contributed by atoms with Gasteiger partial charge in [0.2, 0.25) is 5.91 Å². The van der Waals surface area contributed by atoms with Crippen LogP contribution in [0.5, 0.6) is 5.75 Å². The van der Waals surface area contributed by atoms with E-state index in [-0.39, 0.29) is 5.91 Å². The number of anilines is 1. The van der Waals surface area contributed by atoms with Gasteiger partial charge in [0.05, 0.1) is 12.3 Å². The highest BCUT2D eigenvalue weighted by atomic mass is 16.5. The number of nitrogen functional groups attached to an aromatic ring is 1. The molecule has 1 fully saturated rings. The van der Waals surface area contributed by atoms with Crippen molar-refractivity contribution in [3.8, 4) is 5.75 Å². The molecule has 1 heterocycles. The van der Waals surface area contributed by atoms with Gasteiger partial charge in [0, 0.05) is 19.5 Å². The van der Waals surface area contributed by atoms with E-state index in [0.29, 0.717) is 24.6 Å². The fraction of sp³-hybridized carbons (Fsp3) is 0.533. The zero-order valence-electron chi connectivity index (χ0n) is 11.5. The maximum absolute atomic E-state index is 11.7. The molecule has 19 heavy (non-hydrogen) atoms. The van der Waals surface area contributed by atoms with Gasteiger partial charge in [-0.25, -0.2) is 0 Å². The first-order chi connectivity index (χ1) is 9.20. The lowest BCUT2D eigenvalue weighted by Crippen LogP contribution is -2.27. The van der Waals surface area contributed by atoms with Crippen molar-refractivity contribution in [3.63, 3.8) is 0 Å². The largest absolute Gasteiger partial charge is 0.491 e. The van der Waals surface area contributed by atoms with Gasteiger partial charge in [-0.3, -0.25) is 4.79 Å². The Labute approximate surface area is 114 Å². The Morgan fingerprint density at radius 3 is 2.89 bits per heavy atom. The average molecular weight is 262 g/mol. The fourth-order valence-electron chi connectivity index (χ4n) is 2.39. The second kappa shape index (κ2) is 6.45. The predicted octanol–water partition coefficient (Wildman–Crippen LogP) is 2.30. The maximum Gasteiger partial charge on any atom is 0.222 e. The van der Waals surface area contributed by atoms with E-state index in [1.807, 2.05) is 29.2 Å². The van der Waals surface area contributed by atoms with Gasteiger partial charge in [-0.05, 0) is 24.5 Å². The van der Waals surface area contributed by atoms with Crippen LogP contribution in [0.25, 0.3) is 0 Å². The second-order valence-corrected chi connectivity index (χ2v) is 5.06. The van der Waals surface area contributed by atoms with Crippen LogP contribution in [0.15, 0.2) is 24.3 Å². The van der Waals surface area contributed by atoms with Gasteiger partial charge in [0.25, 0.3) is 0 Å². The SMILES string of the molecule is CCC1CC(=O)N(CCCOc2ccccc2N)C1. The minimum atomic E-state index is 0.283. The van der Waals surface area contributed by atoms with Crippen molar-refractivity contribution >= 4 is 11.6 Å². The van der Waals surface area contributed by atoms with Crippen LogP contribution in [0.3, 0.4) is 0 Å². The van der Waals surface area contributed by atoms with Crippen molar-refractivity contribution in [2.75, 3.05) is 25.4 Å². The summed E-state index contributed by atoms with van der Waals surface area (Å²) in [6.45, 7) is 4.42. The van der Waals surface area contributed by atoms with Crippen molar-refractivity contribution in [1.29, 1.82) is 0 Å². The molecule has 0 spiro atoms. The molecule has 0 aliphatic carbocycles. The van der Waals surface area contributed by atoms with Crippen LogP contribution in [0.4, 0.5) is 5.69 Å². The summed E-state index contributed by atoms with van der Waals surface area (Å²) in [7, 11) is 0. The number of hydrogen-bond acceptors (Lipinski definition) is 3. The Kier molecular flexibility index (Phi) is 4.66. The number of amides is 1. The van der Waals surface area contributed by atoms with E-state index >= 15 is 0 Å². The normalized spacial score (nSPS) is 18.9. The van der Waals surface area contributed by atoms with E-state index in [0.717, 1.165) is 31.7 Å². The van der Waals surface area contributed by atoms with Gasteiger partial charge in [-0.2, -0.15) is 0 Å². The molecule has 2 rings (SSSR count). The molecule has 1 aromatic carbocycles. The van der Waals surface area contributed by atoms with Gasteiger partial charge >= 0.3 is 0 Å². The molecule has 4 nitrogen and oxygen atoms in total. The molecule has 0 saturated carbocycles. The van der Waals surface area contributed by atoms with Crippen LogP contribution >= 0.6 is 0 Å². The number of carbonyl (C=O) groups is 1. The number of likely N-dealkylation sites (tertiary alicyclic amines) is 1. The first kappa shape index (κ1) is 13.7. The Balaban J connectivity index is 1.70. The standard InChI is InChI=1S/C15H22N2O2/c1-2-12-10-15(18)17(11-12)8-5-9-19-14-7-4-3-6-13(14)16/h3-4,6-7,12H,2,5,8-11,16H2,1H3. The van der Waals surface area contributed by atoms with E-state index in [1.54, 1.807) is 0 Å². The molecule has 0 bridgehead atoms. The van der Waals surface area contributed by atoms with Crippen molar-refractivity contribution < 1.29 is 9.53 Å². The highest BCUT2D eigenvalue weighted by Crippen LogP contribution is 2.21. The molecule has 0 aromatic heterocycles. The summed E-state index contributed by atoms with van der Waals surface area (Å²) in [6.07, 6.45) is 2.64. The lowest BCUT2D eigenvalue weighted by molar-refractivity contribution is -0.127. The quantitative estimate of drug-likeness (QED) is 0.632. The number of nitrogens with zero attached hydrogens (tertiary/aromatic N) is 1. The zero-order valence-corrected chi connectivity index (χ0v) is 11.5. The number of ether oxygens (including phenoxy) is 1. The molecule has 1 atom stereocenters. The summed E-state index contributed by atoms with van der Waals surface area (Å²) >= 11 is 0. The number of rotatable bonds is 6. The molecule has 1 aromatic rings. The molecule has 1 amide bonds. The molecule has 0 radical (unpaired) electrons. The van der Waals surface area contributed by atoms with Gasteiger partial charge in [0.1, 0.15) is 5.75 Å². The third-order valence-corrected chi connectivity index (χ3v) is 3.62. The number of nitrogens with two attached hydrogens (primary N) is 1. The van der Waals surface area contributed by atoms with E-state index in [4.69, 9.17) is 10.5 Å². The lowest BCUT2D eigenvalue weighted by atomic mass is 10.1. The van der Waals surface area contributed by atoms with Gasteiger partial charge in [-0.15, -0.1) is 0 Å². The topological polar surface area (TPSA) is 55.6 Å². The Bertz CT molecular complexity index is 434. The van der Waals surface area contributed by atoms with Crippen LogP contribution in [0.2, 0.25) is 0 Å². The Hall–Kier alpha value is -1.71. The second-order valence-electron chi connectivity index (χ2n) is 5.06. The Morgan fingerprint density at radius 2 is 2.21 bits per heavy atom. The van der Waals surface area contributed by atoms with E-state index in [2.05, 4.69) is 6.92 Å².